The average Bonchev–Trinajstić information content (AvgIpc) is 2.50. The van der Waals surface area contributed by atoms with E-state index in [0.29, 0.717) is 6.54 Å². The molecule has 1 aromatic rings. The lowest BCUT2D eigenvalue weighted by molar-refractivity contribution is -0.150. The first-order chi connectivity index (χ1) is 10.1. The van der Waals surface area contributed by atoms with Crippen molar-refractivity contribution in [2.24, 2.45) is 0 Å². The van der Waals surface area contributed by atoms with E-state index in [1.807, 2.05) is 37.4 Å². The lowest BCUT2D eigenvalue weighted by atomic mass is 10.2. The molecule has 0 heterocycles. The molecule has 1 N–H and O–H groups in total. The number of benzene rings is 1. The Morgan fingerprint density at radius 1 is 1.33 bits per heavy atom. The smallest absolute Gasteiger partial charge is 0.331 e. The summed E-state index contributed by atoms with van der Waals surface area (Å²) in [5.74, 6) is -0.800. The Hall–Kier alpha value is -1.75. The molecule has 0 saturated heterocycles. The topological polar surface area (TPSA) is 55.4 Å². The molecule has 1 atom stereocenters. The number of carbonyl (C=O) groups excluding carboxylic acids is 2. The number of esters is 1. The van der Waals surface area contributed by atoms with Crippen molar-refractivity contribution >= 4 is 29.7 Å². The minimum Gasteiger partial charge on any atom is -0.449 e. The van der Waals surface area contributed by atoms with Gasteiger partial charge in [-0.1, -0.05) is 19.1 Å². The fourth-order valence-electron chi connectivity index (χ4n) is 1.54. The van der Waals surface area contributed by atoms with E-state index in [2.05, 4.69) is 5.32 Å². The van der Waals surface area contributed by atoms with Crippen LogP contribution in [0.1, 0.15) is 25.8 Å². The molecule has 0 saturated carbocycles. The molecule has 0 bridgehead atoms. The molecule has 0 aliphatic heterocycles. The van der Waals surface area contributed by atoms with E-state index in [-0.39, 0.29) is 5.91 Å². The zero-order valence-electron chi connectivity index (χ0n) is 12.6. The van der Waals surface area contributed by atoms with Crippen LogP contribution in [0.25, 0.3) is 6.08 Å². The third kappa shape index (κ3) is 6.49. The van der Waals surface area contributed by atoms with Crippen LogP contribution in [0, 0.1) is 0 Å². The fourth-order valence-corrected chi connectivity index (χ4v) is 1.95. The highest BCUT2D eigenvalue weighted by atomic mass is 32.2. The first-order valence-corrected chi connectivity index (χ1v) is 8.09. The van der Waals surface area contributed by atoms with Gasteiger partial charge in [-0.3, -0.25) is 4.79 Å². The maximum Gasteiger partial charge on any atom is 0.331 e. The summed E-state index contributed by atoms with van der Waals surface area (Å²) in [5, 5.41) is 2.68. The highest BCUT2D eigenvalue weighted by Crippen LogP contribution is 2.15. The second-order valence-electron chi connectivity index (χ2n) is 4.48. The van der Waals surface area contributed by atoms with E-state index in [1.54, 1.807) is 24.8 Å². The van der Waals surface area contributed by atoms with Crippen LogP contribution in [0.4, 0.5) is 0 Å². The zero-order valence-corrected chi connectivity index (χ0v) is 13.4. The Bertz CT molecular complexity index is 497. The standard InChI is InChI=1S/C16H21NO3S/c1-4-11-17-16(19)12(2)20-15(18)10-7-13-5-8-14(21-3)9-6-13/h5-10,12H,4,11H2,1-3H3,(H,17,19)/b10-7+/t12-/m1/s1. The minimum absolute atomic E-state index is 0.275. The third-order valence-corrected chi connectivity index (χ3v) is 3.48. The normalized spacial score (nSPS) is 12.1. The largest absolute Gasteiger partial charge is 0.449 e. The van der Waals surface area contributed by atoms with Crippen LogP contribution >= 0.6 is 11.8 Å². The average molecular weight is 307 g/mol. The Balaban J connectivity index is 2.48. The molecule has 1 rings (SSSR count). The summed E-state index contributed by atoms with van der Waals surface area (Å²) in [6.07, 6.45) is 5.07. The lowest BCUT2D eigenvalue weighted by Gasteiger charge is -2.11. The van der Waals surface area contributed by atoms with Crippen LogP contribution in [-0.4, -0.2) is 30.8 Å². The van der Waals surface area contributed by atoms with Gasteiger partial charge in [-0.2, -0.15) is 0 Å². The maximum absolute atomic E-state index is 11.6. The van der Waals surface area contributed by atoms with Crippen molar-refractivity contribution in [3.63, 3.8) is 0 Å². The Morgan fingerprint density at radius 3 is 2.57 bits per heavy atom. The Kier molecular flexibility index (Phi) is 7.61. The monoisotopic (exact) mass is 307 g/mol. The van der Waals surface area contributed by atoms with Crippen molar-refractivity contribution in [2.45, 2.75) is 31.3 Å². The molecular formula is C16H21NO3S. The first-order valence-electron chi connectivity index (χ1n) is 6.87. The van der Waals surface area contributed by atoms with Gasteiger partial charge in [0.1, 0.15) is 0 Å². The second kappa shape index (κ2) is 9.23. The molecule has 5 heteroatoms. The summed E-state index contributed by atoms with van der Waals surface area (Å²) in [7, 11) is 0. The van der Waals surface area contributed by atoms with Crippen LogP contribution in [0.15, 0.2) is 35.2 Å². The molecule has 0 aliphatic carbocycles. The van der Waals surface area contributed by atoms with Crippen molar-refractivity contribution in [1.82, 2.24) is 5.32 Å². The van der Waals surface area contributed by atoms with Crippen molar-refractivity contribution < 1.29 is 14.3 Å². The summed E-state index contributed by atoms with van der Waals surface area (Å²) in [5.41, 5.74) is 0.910. The number of rotatable bonds is 7. The van der Waals surface area contributed by atoms with E-state index in [4.69, 9.17) is 4.74 Å². The van der Waals surface area contributed by atoms with Crippen LogP contribution in [0.2, 0.25) is 0 Å². The molecule has 0 fully saturated rings. The van der Waals surface area contributed by atoms with Crippen molar-refractivity contribution in [2.75, 3.05) is 12.8 Å². The molecule has 21 heavy (non-hydrogen) atoms. The summed E-state index contributed by atoms with van der Waals surface area (Å²) >= 11 is 1.66. The van der Waals surface area contributed by atoms with Gasteiger partial charge < -0.3 is 10.1 Å². The van der Waals surface area contributed by atoms with Gasteiger partial charge in [-0.15, -0.1) is 11.8 Å². The van der Waals surface area contributed by atoms with Crippen LogP contribution < -0.4 is 5.32 Å². The van der Waals surface area contributed by atoms with Gasteiger partial charge in [0.2, 0.25) is 0 Å². The SMILES string of the molecule is CCCNC(=O)[C@@H](C)OC(=O)/C=C/c1ccc(SC)cc1. The summed E-state index contributed by atoms with van der Waals surface area (Å²) in [4.78, 5) is 24.4. The quantitative estimate of drug-likeness (QED) is 0.478. The summed E-state index contributed by atoms with van der Waals surface area (Å²) in [6.45, 7) is 4.10. The molecule has 0 unspecified atom stereocenters. The number of thioether (sulfide) groups is 1. The second-order valence-corrected chi connectivity index (χ2v) is 5.36. The number of nitrogens with one attached hydrogen (secondary N) is 1. The molecule has 114 valence electrons. The maximum atomic E-state index is 11.6. The van der Waals surface area contributed by atoms with Gasteiger partial charge in [0, 0.05) is 17.5 Å². The van der Waals surface area contributed by atoms with Crippen LogP contribution in [-0.2, 0) is 14.3 Å². The van der Waals surface area contributed by atoms with Crippen molar-refractivity contribution in [3.8, 4) is 0 Å². The van der Waals surface area contributed by atoms with E-state index < -0.39 is 12.1 Å². The van der Waals surface area contributed by atoms with Gasteiger partial charge in [0.05, 0.1) is 0 Å². The number of amides is 1. The number of hydrogen-bond donors (Lipinski definition) is 1. The van der Waals surface area contributed by atoms with Crippen LogP contribution in [0.5, 0.6) is 0 Å². The van der Waals surface area contributed by atoms with E-state index in [0.717, 1.165) is 16.9 Å². The first kappa shape index (κ1) is 17.3. The predicted octanol–water partition coefficient (Wildman–Crippen LogP) is 2.88. The molecule has 0 aromatic heterocycles. The summed E-state index contributed by atoms with van der Waals surface area (Å²) in [6, 6.07) is 7.81. The highest BCUT2D eigenvalue weighted by Gasteiger charge is 2.15. The minimum atomic E-state index is -0.785. The molecule has 0 aliphatic rings. The van der Waals surface area contributed by atoms with Crippen LogP contribution in [0.3, 0.4) is 0 Å². The third-order valence-electron chi connectivity index (χ3n) is 2.74. The van der Waals surface area contributed by atoms with Gasteiger partial charge in [0.25, 0.3) is 5.91 Å². The lowest BCUT2D eigenvalue weighted by Crippen LogP contribution is -2.35. The predicted molar refractivity (Wildman–Crippen MR) is 86.1 cm³/mol. The zero-order chi connectivity index (χ0) is 15.7. The van der Waals surface area contributed by atoms with E-state index in [9.17, 15) is 9.59 Å². The molecule has 0 radical (unpaired) electrons. The van der Waals surface area contributed by atoms with E-state index in [1.165, 1.54) is 6.08 Å². The molecule has 1 aromatic carbocycles. The van der Waals surface area contributed by atoms with Crippen molar-refractivity contribution in [3.05, 3.63) is 35.9 Å². The molecule has 4 nitrogen and oxygen atoms in total. The van der Waals surface area contributed by atoms with E-state index >= 15 is 0 Å². The van der Waals surface area contributed by atoms with Gasteiger partial charge >= 0.3 is 5.97 Å². The molecule has 1 amide bonds. The number of ether oxygens (including phenoxy) is 1. The highest BCUT2D eigenvalue weighted by molar-refractivity contribution is 7.98. The molecular weight excluding hydrogens is 286 g/mol. The Labute approximate surface area is 130 Å². The number of hydrogen-bond acceptors (Lipinski definition) is 4. The fraction of sp³-hybridized carbons (Fsp3) is 0.375. The van der Waals surface area contributed by atoms with Gasteiger partial charge in [-0.05, 0) is 43.4 Å². The van der Waals surface area contributed by atoms with Gasteiger partial charge in [-0.25, -0.2) is 4.79 Å². The van der Waals surface area contributed by atoms with Crippen molar-refractivity contribution in [1.29, 1.82) is 0 Å². The molecule has 0 spiro atoms. The number of carbonyl (C=O) groups is 2. The van der Waals surface area contributed by atoms with Gasteiger partial charge in [0.15, 0.2) is 6.10 Å². The summed E-state index contributed by atoms with van der Waals surface area (Å²) < 4.78 is 5.03. The Morgan fingerprint density at radius 2 is 2.00 bits per heavy atom.